The maximum atomic E-state index is 13.5. The Morgan fingerprint density at radius 2 is 1.72 bits per heavy atom. The lowest BCUT2D eigenvalue weighted by atomic mass is 9.99. The molecular formula is C32H43ClN4O6. The van der Waals surface area contributed by atoms with Gasteiger partial charge in [0.1, 0.15) is 17.7 Å². The molecule has 1 heterocycles. The standard InChI is InChI=1S/C32H43ClN4O6/c1-32(2,3)43-31(42)26-10-7-17-37(26)20-27(38)24(18-22-8-5-4-6-9-22)36-30(41)25(19-28(34)39)35-29(40)16-13-21-11-14-23(33)15-12-21/h4-6,8-9,11-12,14-15,24-27,38H,7,10,13,16-20H2,1-3H3,(H2,34,39)(H,35,40)(H,36,41)/t24-,25-,26-,27+/m0/s1. The van der Waals surface area contributed by atoms with Crippen molar-refractivity contribution in [3.05, 3.63) is 70.7 Å². The molecule has 0 spiro atoms. The molecule has 4 atom stereocenters. The van der Waals surface area contributed by atoms with Gasteiger partial charge in [-0.1, -0.05) is 54.1 Å². The number of carbonyl (C=O) groups is 4. The van der Waals surface area contributed by atoms with E-state index in [-0.39, 0.29) is 25.4 Å². The van der Waals surface area contributed by atoms with E-state index in [0.29, 0.717) is 24.4 Å². The summed E-state index contributed by atoms with van der Waals surface area (Å²) in [5, 5.41) is 17.4. The average Bonchev–Trinajstić information content (AvgIpc) is 3.39. The highest BCUT2D eigenvalue weighted by Gasteiger charge is 2.37. The van der Waals surface area contributed by atoms with Crippen LogP contribution in [0.3, 0.4) is 0 Å². The zero-order valence-electron chi connectivity index (χ0n) is 25.1. The molecule has 5 N–H and O–H groups in total. The number of aliphatic hydroxyl groups is 1. The highest BCUT2D eigenvalue weighted by molar-refractivity contribution is 6.30. The number of rotatable bonds is 14. The molecule has 0 saturated carbocycles. The molecule has 0 unspecified atom stereocenters. The first-order chi connectivity index (χ1) is 20.3. The van der Waals surface area contributed by atoms with Crippen LogP contribution < -0.4 is 16.4 Å². The number of hydrogen-bond donors (Lipinski definition) is 4. The Bertz CT molecular complexity index is 1230. The Morgan fingerprint density at radius 1 is 1.05 bits per heavy atom. The van der Waals surface area contributed by atoms with Crippen LogP contribution >= 0.6 is 11.6 Å². The first kappa shape index (κ1) is 34.0. The predicted octanol–water partition coefficient (Wildman–Crippen LogP) is 2.53. The Hall–Kier alpha value is -3.47. The summed E-state index contributed by atoms with van der Waals surface area (Å²) in [6.45, 7) is 6.15. The fraction of sp³-hybridized carbons (Fsp3) is 0.500. The Balaban J connectivity index is 1.70. The molecule has 1 aliphatic rings. The third kappa shape index (κ3) is 11.6. The number of benzene rings is 2. The van der Waals surface area contributed by atoms with Crippen LogP contribution in [0.15, 0.2) is 54.6 Å². The lowest BCUT2D eigenvalue weighted by Gasteiger charge is -2.32. The predicted molar refractivity (Wildman–Crippen MR) is 164 cm³/mol. The van der Waals surface area contributed by atoms with Crippen molar-refractivity contribution in [2.45, 2.75) is 89.1 Å². The van der Waals surface area contributed by atoms with Crippen LogP contribution in [-0.4, -0.2) is 76.6 Å². The zero-order chi connectivity index (χ0) is 31.6. The maximum Gasteiger partial charge on any atom is 0.323 e. The van der Waals surface area contributed by atoms with Gasteiger partial charge in [-0.25, -0.2) is 0 Å². The van der Waals surface area contributed by atoms with Gasteiger partial charge in [-0.15, -0.1) is 0 Å². The van der Waals surface area contributed by atoms with Crippen molar-refractivity contribution in [3.63, 3.8) is 0 Å². The number of β-amino-alcohol motifs (C(OH)–C–C–N with tert-alkyl or cyclic N) is 1. The van der Waals surface area contributed by atoms with Gasteiger partial charge in [0.2, 0.25) is 17.7 Å². The molecule has 1 fully saturated rings. The van der Waals surface area contributed by atoms with Crippen molar-refractivity contribution in [3.8, 4) is 0 Å². The summed E-state index contributed by atoms with van der Waals surface area (Å²) in [4.78, 5) is 52.7. The number of likely N-dealkylation sites (tertiary alicyclic amines) is 1. The van der Waals surface area contributed by atoms with Crippen molar-refractivity contribution in [2.75, 3.05) is 13.1 Å². The minimum Gasteiger partial charge on any atom is -0.459 e. The number of hydrogen-bond acceptors (Lipinski definition) is 7. The van der Waals surface area contributed by atoms with Crippen LogP contribution in [0.2, 0.25) is 5.02 Å². The SMILES string of the molecule is CC(C)(C)OC(=O)[C@@H]1CCCN1C[C@@H](O)[C@H](Cc1ccccc1)NC(=O)[C@H](CC(N)=O)NC(=O)CCc1ccc(Cl)cc1. The van der Waals surface area contributed by atoms with Gasteiger partial charge in [-0.3, -0.25) is 24.1 Å². The normalized spacial score (nSPS) is 17.5. The number of halogens is 1. The maximum absolute atomic E-state index is 13.5. The molecular weight excluding hydrogens is 572 g/mol. The van der Waals surface area contributed by atoms with Crippen LogP contribution in [0.4, 0.5) is 0 Å². The minimum absolute atomic E-state index is 0.0846. The monoisotopic (exact) mass is 614 g/mol. The molecule has 0 aliphatic carbocycles. The van der Waals surface area contributed by atoms with Gasteiger partial charge in [0, 0.05) is 18.0 Å². The van der Waals surface area contributed by atoms with Gasteiger partial charge in [0.15, 0.2) is 0 Å². The van der Waals surface area contributed by atoms with E-state index in [2.05, 4.69) is 10.6 Å². The molecule has 0 bridgehead atoms. The van der Waals surface area contributed by atoms with Gasteiger partial charge < -0.3 is 26.2 Å². The Labute approximate surface area is 258 Å². The summed E-state index contributed by atoms with van der Waals surface area (Å²) >= 11 is 5.92. The van der Waals surface area contributed by atoms with Gasteiger partial charge in [0.05, 0.1) is 18.6 Å². The summed E-state index contributed by atoms with van der Waals surface area (Å²) in [5.74, 6) is -2.16. The number of aliphatic hydroxyl groups excluding tert-OH is 1. The highest BCUT2D eigenvalue weighted by Crippen LogP contribution is 2.22. The highest BCUT2D eigenvalue weighted by atomic mass is 35.5. The fourth-order valence-corrected chi connectivity index (χ4v) is 5.20. The van der Waals surface area contributed by atoms with E-state index in [1.165, 1.54) is 0 Å². The number of ether oxygens (including phenoxy) is 1. The number of nitrogens with zero attached hydrogens (tertiary/aromatic N) is 1. The molecule has 0 aromatic heterocycles. The second kappa shape index (κ2) is 15.8. The number of primary amides is 1. The molecule has 43 heavy (non-hydrogen) atoms. The molecule has 0 radical (unpaired) electrons. The van der Waals surface area contributed by atoms with Crippen molar-refractivity contribution < 1.29 is 29.0 Å². The van der Waals surface area contributed by atoms with E-state index in [4.69, 9.17) is 22.1 Å². The largest absolute Gasteiger partial charge is 0.459 e. The van der Waals surface area contributed by atoms with Crippen LogP contribution in [0.5, 0.6) is 0 Å². The number of carbonyl (C=O) groups excluding carboxylic acids is 4. The van der Waals surface area contributed by atoms with Crippen molar-refractivity contribution in [1.29, 1.82) is 0 Å². The van der Waals surface area contributed by atoms with Crippen LogP contribution in [-0.2, 0) is 36.8 Å². The molecule has 1 aliphatic heterocycles. The van der Waals surface area contributed by atoms with Crippen molar-refractivity contribution >= 4 is 35.3 Å². The quantitative estimate of drug-likeness (QED) is 0.239. The van der Waals surface area contributed by atoms with E-state index < -0.39 is 54.0 Å². The zero-order valence-corrected chi connectivity index (χ0v) is 25.8. The molecule has 3 amide bonds. The number of amides is 3. The van der Waals surface area contributed by atoms with E-state index in [1.54, 1.807) is 12.1 Å². The Morgan fingerprint density at radius 3 is 2.35 bits per heavy atom. The number of nitrogens with two attached hydrogens (primary N) is 1. The number of aryl methyl sites for hydroxylation is 1. The van der Waals surface area contributed by atoms with E-state index in [9.17, 15) is 24.3 Å². The lowest BCUT2D eigenvalue weighted by Crippen LogP contribution is -2.56. The van der Waals surface area contributed by atoms with E-state index in [0.717, 1.165) is 17.5 Å². The summed E-state index contributed by atoms with van der Waals surface area (Å²) in [5.41, 5.74) is 6.54. The van der Waals surface area contributed by atoms with Crippen LogP contribution in [0.25, 0.3) is 0 Å². The number of esters is 1. The molecule has 2 aromatic rings. The number of nitrogens with one attached hydrogen (secondary N) is 2. The second-order valence-corrected chi connectivity index (χ2v) is 12.4. The summed E-state index contributed by atoms with van der Waals surface area (Å²) in [6, 6.07) is 13.9. The average molecular weight is 615 g/mol. The first-order valence-corrected chi connectivity index (χ1v) is 15.0. The topological polar surface area (TPSA) is 151 Å². The van der Waals surface area contributed by atoms with Crippen molar-refractivity contribution in [1.82, 2.24) is 15.5 Å². The van der Waals surface area contributed by atoms with Crippen LogP contribution in [0, 0.1) is 0 Å². The first-order valence-electron chi connectivity index (χ1n) is 14.6. The summed E-state index contributed by atoms with van der Waals surface area (Å²) in [6.07, 6.45) is 0.697. The molecule has 1 saturated heterocycles. The fourth-order valence-electron chi connectivity index (χ4n) is 5.07. The van der Waals surface area contributed by atoms with Gasteiger partial charge in [-0.2, -0.15) is 0 Å². The lowest BCUT2D eigenvalue weighted by molar-refractivity contribution is -0.160. The molecule has 2 aromatic carbocycles. The minimum atomic E-state index is -1.22. The third-order valence-corrected chi connectivity index (χ3v) is 7.42. The second-order valence-electron chi connectivity index (χ2n) is 12.0. The smallest absolute Gasteiger partial charge is 0.323 e. The van der Waals surface area contributed by atoms with Crippen molar-refractivity contribution in [2.24, 2.45) is 5.73 Å². The molecule has 234 valence electrons. The molecule has 11 heteroatoms. The molecule has 3 rings (SSSR count). The van der Waals surface area contributed by atoms with E-state index in [1.807, 2.05) is 68.1 Å². The van der Waals surface area contributed by atoms with Gasteiger partial charge >= 0.3 is 5.97 Å². The summed E-state index contributed by atoms with van der Waals surface area (Å²) < 4.78 is 5.59. The van der Waals surface area contributed by atoms with Gasteiger partial charge in [0.25, 0.3) is 0 Å². The van der Waals surface area contributed by atoms with Gasteiger partial charge in [-0.05, 0) is 76.3 Å². The van der Waals surface area contributed by atoms with Crippen LogP contribution in [0.1, 0.15) is 57.6 Å². The Kier molecular flexibility index (Phi) is 12.5. The third-order valence-electron chi connectivity index (χ3n) is 7.17. The van der Waals surface area contributed by atoms with E-state index >= 15 is 0 Å². The molecule has 10 nitrogen and oxygen atoms in total. The summed E-state index contributed by atoms with van der Waals surface area (Å²) in [7, 11) is 0.